The van der Waals surface area contributed by atoms with Crippen molar-refractivity contribution in [1.29, 1.82) is 0 Å². The Labute approximate surface area is 146 Å². The minimum absolute atomic E-state index is 0.204. The zero-order valence-corrected chi connectivity index (χ0v) is 15.4. The van der Waals surface area contributed by atoms with Crippen LogP contribution in [-0.2, 0) is 4.79 Å². The summed E-state index contributed by atoms with van der Waals surface area (Å²) in [6, 6.07) is 0. The molecule has 4 aliphatic carbocycles. The lowest BCUT2D eigenvalue weighted by atomic mass is 9.48. The highest BCUT2D eigenvalue weighted by Gasteiger charge is 2.58. The predicted octanol–water partition coefficient (Wildman–Crippen LogP) is 4.54. The average molecular weight is 328 g/mol. The van der Waals surface area contributed by atoms with Crippen LogP contribution < -0.4 is 0 Å². The molecule has 132 valence electrons. The van der Waals surface area contributed by atoms with Crippen molar-refractivity contribution in [3.63, 3.8) is 0 Å². The van der Waals surface area contributed by atoms with Crippen molar-refractivity contribution >= 4 is 5.78 Å². The van der Waals surface area contributed by atoms with Crippen LogP contribution in [0.15, 0.2) is 23.8 Å². The first-order valence-electron chi connectivity index (χ1n) is 9.94. The van der Waals surface area contributed by atoms with Gasteiger partial charge in [-0.25, -0.2) is 0 Å². The smallest absolute Gasteiger partial charge is 0.156 e. The summed E-state index contributed by atoms with van der Waals surface area (Å²) in [5.74, 6) is 3.51. The molecule has 1 N–H and O–H groups in total. The molecule has 0 aromatic heterocycles. The molecule has 0 radical (unpaired) electrons. The first kappa shape index (κ1) is 16.6. The molecule has 0 aromatic rings. The van der Waals surface area contributed by atoms with Gasteiger partial charge in [-0.1, -0.05) is 32.9 Å². The lowest BCUT2D eigenvalue weighted by Crippen LogP contribution is -2.49. The first-order chi connectivity index (χ1) is 11.4. The van der Waals surface area contributed by atoms with Crippen molar-refractivity contribution in [2.75, 3.05) is 6.61 Å². The fourth-order valence-corrected chi connectivity index (χ4v) is 7.10. The van der Waals surface area contributed by atoms with Gasteiger partial charge < -0.3 is 5.11 Å². The highest BCUT2D eigenvalue weighted by atomic mass is 16.3. The number of hydrogen-bond acceptors (Lipinski definition) is 2. The van der Waals surface area contributed by atoms with Crippen molar-refractivity contribution in [1.82, 2.24) is 0 Å². The lowest BCUT2D eigenvalue weighted by Gasteiger charge is -2.56. The van der Waals surface area contributed by atoms with E-state index in [4.69, 9.17) is 0 Å². The zero-order chi connectivity index (χ0) is 17.1. The molecule has 0 bridgehead atoms. The Morgan fingerprint density at radius 3 is 2.75 bits per heavy atom. The molecule has 7 atom stereocenters. The van der Waals surface area contributed by atoms with E-state index in [0.717, 1.165) is 18.8 Å². The van der Waals surface area contributed by atoms with Crippen LogP contribution in [0.25, 0.3) is 0 Å². The van der Waals surface area contributed by atoms with E-state index in [0.29, 0.717) is 41.5 Å². The Bertz CT molecular complexity index is 603. The summed E-state index contributed by atoms with van der Waals surface area (Å²) in [5, 5.41) is 9.70. The maximum absolute atomic E-state index is 11.9. The quantitative estimate of drug-likeness (QED) is 0.808. The summed E-state index contributed by atoms with van der Waals surface area (Å²) in [7, 11) is 0. The van der Waals surface area contributed by atoms with E-state index in [1.54, 1.807) is 0 Å². The SMILES string of the molecule is C[C@H](CO)[C@H]1CCC2C3C=CC4=CC(=O)CC[C@]4(C)C3CC[C@@]21C. The second-order valence-corrected chi connectivity index (χ2v) is 9.52. The monoisotopic (exact) mass is 328 g/mol. The van der Waals surface area contributed by atoms with Gasteiger partial charge in [0, 0.05) is 13.0 Å². The topological polar surface area (TPSA) is 37.3 Å². The Morgan fingerprint density at radius 2 is 2.00 bits per heavy atom. The number of ketones is 1. The molecule has 4 rings (SSSR count). The zero-order valence-electron chi connectivity index (χ0n) is 15.4. The Kier molecular flexibility index (Phi) is 3.84. The van der Waals surface area contributed by atoms with Gasteiger partial charge in [0.15, 0.2) is 5.78 Å². The Balaban J connectivity index is 1.68. The molecule has 3 unspecified atom stereocenters. The number of hydrogen-bond donors (Lipinski definition) is 1. The molecule has 2 nitrogen and oxygen atoms in total. The van der Waals surface area contributed by atoms with Gasteiger partial charge in [-0.15, -0.1) is 0 Å². The van der Waals surface area contributed by atoms with Gasteiger partial charge in [-0.2, -0.15) is 0 Å². The molecule has 4 aliphatic rings. The fourth-order valence-electron chi connectivity index (χ4n) is 7.10. The largest absolute Gasteiger partial charge is 0.396 e. The number of aliphatic hydroxyl groups excluding tert-OH is 1. The summed E-state index contributed by atoms with van der Waals surface area (Å²) < 4.78 is 0. The number of fused-ring (bicyclic) bond motifs is 5. The van der Waals surface area contributed by atoms with E-state index in [9.17, 15) is 9.90 Å². The molecule has 2 saturated carbocycles. The molecular formula is C22H32O2. The lowest BCUT2D eigenvalue weighted by molar-refractivity contribution is -0.116. The van der Waals surface area contributed by atoms with E-state index >= 15 is 0 Å². The summed E-state index contributed by atoms with van der Waals surface area (Å²) >= 11 is 0. The second-order valence-electron chi connectivity index (χ2n) is 9.52. The third-order valence-electron chi connectivity index (χ3n) is 8.56. The molecule has 0 saturated heterocycles. The maximum atomic E-state index is 11.9. The average Bonchev–Trinajstić information content (AvgIpc) is 2.92. The van der Waals surface area contributed by atoms with Gasteiger partial charge in [0.2, 0.25) is 0 Å². The second kappa shape index (κ2) is 5.56. The summed E-state index contributed by atoms with van der Waals surface area (Å²) in [6.07, 6.45) is 13.6. The van der Waals surface area contributed by atoms with Crippen molar-refractivity contribution in [2.45, 2.75) is 59.3 Å². The van der Waals surface area contributed by atoms with Gasteiger partial charge in [-0.3, -0.25) is 4.79 Å². The van der Waals surface area contributed by atoms with Crippen molar-refractivity contribution in [3.8, 4) is 0 Å². The van der Waals surface area contributed by atoms with Crippen LogP contribution in [-0.4, -0.2) is 17.5 Å². The van der Waals surface area contributed by atoms with Crippen LogP contribution in [0.3, 0.4) is 0 Å². The van der Waals surface area contributed by atoms with E-state index in [1.165, 1.54) is 31.3 Å². The molecule has 24 heavy (non-hydrogen) atoms. The number of aliphatic hydroxyl groups is 1. The van der Waals surface area contributed by atoms with Crippen LogP contribution in [0, 0.1) is 40.4 Å². The van der Waals surface area contributed by atoms with Crippen molar-refractivity contribution < 1.29 is 9.90 Å². The van der Waals surface area contributed by atoms with E-state index in [-0.39, 0.29) is 5.41 Å². The molecule has 2 heteroatoms. The van der Waals surface area contributed by atoms with Crippen LogP contribution in [0.1, 0.15) is 59.3 Å². The normalized spacial score (nSPS) is 48.3. The summed E-state index contributed by atoms with van der Waals surface area (Å²) in [5.41, 5.74) is 1.88. The van der Waals surface area contributed by atoms with Crippen LogP contribution in [0.5, 0.6) is 0 Å². The van der Waals surface area contributed by atoms with Gasteiger partial charge in [0.25, 0.3) is 0 Å². The third kappa shape index (κ3) is 2.14. The third-order valence-corrected chi connectivity index (χ3v) is 8.56. The molecular weight excluding hydrogens is 296 g/mol. The molecule has 0 aromatic carbocycles. The highest BCUT2D eigenvalue weighted by Crippen LogP contribution is 2.66. The van der Waals surface area contributed by atoms with Crippen molar-refractivity contribution in [3.05, 3.63) is 23.8 Å². The molecule has 0 aliphatic heterocycles. The number of allylic oxidation sites excluding steroid dienone is 4. The van der Waals surface area contributed by atoms with Gasteiger partial charge in [-0.05, 0) is 84.2 Å². The minimum atomic E-state index is 0.204. The Hall–Kier alpha value is -0.890. The minimum Gasteiger partial charge on any atom is -0.396 e. The van der Waals surface area contributed by atoms with E-state index < -0.39 is 0 Å². The van der Waals surface area contributed by atoms with E-state index in [2.05, 4.69) is 32.9 Å². The number of rotatable bonds is 2. The summed E-state index contributed by atoms with van der Waals surface area (Å²) in [6.45, 7) is 7.47. The van der Waals surface area contributed by atoms with E-state index in [1.807, 2.05) is 6.08 Å². The molecule has 0 heterocycles. The van der Waals surface area contributed by atoms with Crippen LogP contribution >= 0.6 is 0 Å². The fraction of sp³-hybridized carbons (Fsp3) is 0.773. The number of carbonyl (C=O) groups is 1. The highest BCUT2D eigenvalue weighted by molar-refractivity contribution is 5.92. The first-order valence-corrected chi connectivity index (χ1v) is 9.94. The number of carbonyl (C=O) groups excluding carboxylic acids is 1. The maximum Gasteiger partial charge on any atom is 0.156 e. The predicted molar refractivity (Wildman–Crippen MR) is 96.4 cm³/mol. The van der Waals surface area contributed by atoms with Crippen molar-refractivity contribution in [2.24, 2.45) is 40.4 Å². The van der Waals surface area contributed by atoms with Gasteiger partial charge in [0.1, 0.15) is 0 Å². The standard InChI is InChI=1S/C22H32O2/c1-14(13-23)18-6-7-19-17-5-4-15-12-16(24)8-10-21(15,2)20(17)9-11-22(18,19)3/h4-5,12,14,17-20,23H,6-11,13H2,1-3H3/t14-,17?,18-,19?,20?,21+,22-/m1/s1. The molecule has 0 spiro atoms. The van der Waals surface area contributed by atoms with Crippen LogP contribution in [0.4, 0.5) is 0 Å². The van der Waals surface area contributed by atoms with Crippen LogP contribution in [0.2, 0.25) is 0 Å². The Morgan fingerprint density at radius 1 is 1.21 bits per heavy atom. The van der Waals surface area contributed by atoms with Gasteiger partial charge in [0.05, 0.1) is 0 Å². The molecule has 2 fully saturated rings. The molecule has 0 amide bonds. The van der Waals surface area contributed by atoms with Gasteiger partial charge >= 0.3 is 0 Å². The summed E-state index contributed by atoms with van der Waals surface area (Å²) in [4.78, 5) is 11.9.